The number of rotatable bonds is 4. The molecular formula is C7H8O5. The number of carbonyl (C=O) groups excluding carboxylic acids is 1. The number of carboxylic acid groups (broad SMARTS) is 1. The molecule has 1 atom stereocenters. The van der Waals surface area contributed by atoms with Crippen molar-refractivity contribution in [1.82, 2.24) is 0 Å². The Morgan fingerprint density at radius 1 is 1.42 bits per heavy atom. The molecule has 0 bridgehead atoms. The van der Waals surface area contributed by atoms with E-state index in [0.29, 0.717) is 12.2 Å². The van der Waals surface area contributed by atoms with Gasteiger partial charge in [-0.2, -0.15) is 0 Å². The van der Waals surface area contributed by atoms with Gasteiger partial charge in [0, 0.05) is 12.2 Å². The molecule has 0 amide bonds. The molecule has 0 aliphatic rings. The van der Waals surface area contributed by atoms with Gasteiger partial charge in [0.25, 0.3) is 0 Å². The first-order valence-corrected chi connectivity index (χ1v) is 2.98. The first-order chi connectivity index (χ1) is 5.56. The molecule has 5 heteroatoms. The van der Waals surface area contributed by atoms with Crippen LogP contribution in [0.15, 0.2) is 24.8 Å². The standard InChI is InChI=1S/C7H8O5/c1-2-6(10)12-7(11)4-3-5(8)9/h2-4,6,10H,1H2,(H,8,9). The van der Waals surface area contributed by atoms with E-state index in [4.69, 9.17) is 10.2 Å². The van der Waals surface area contributed by atoms with Gasteiger partial charge in [0.15, 0.2) is 0 Å². The quantitative estimate of drug-likeness (QED) is 0.262. The van der Waals surface area contributed by atoms with Gasteiger partial charge in [0.2, 0.25) is 6.29 Å². The van der Waals surface area contributed by atoms with E-state index in [1.54, 1.807) is 0 Å². The number of hydrogen-bond acceptors (Lipinski definition) is 4. The van der Waals surface area contributed by atoms with Crippen LogP contribution in [0.5, 0.6) is 0 Å². The van der Waals surface area contributed by atoms with E-state index < -0.39 is 18.2 Å². The maximum atomic E-state index is 10.5. The first kappa shape index (κ1) is 10.4. The number of esters is 1. The van der Waals surface area contributed by atoms with E-state index in [1.807, 2.05) is 0 Å². The van der Waals surface area contributed by atoms with Gasteiger partial charge in [-0.05, 0) is 6.08 Å². The van der Waals surface area contributed by atoms with Gasteiger partial charge in [-0.1, -0.05) is 6.58 Å². The molecule has 12 heavy (non-hydrogen) atoms. The van der Waals surface area contributed by atoms with E-state index in [2.05, 4.69) is 11.3 Å². The van der Waals surface area contributed by atoms with Crippen LogP contribution in [-0.2, 0) is 14.3 Å². The minimum absolute atomic E-state index is 0.609. The molecule has 0 aromatic heterocycles. The summed E-state index contributed by atoms with van der Waals surface area (Å²) in [6.45, 7) is 3.14. The summed E-state index contributed by atoms with van der Waals surface area (Å²) in [5.74, 6) is -2.20. The Balaban J connectivity index is 3.89. The molecule has 0 aliphatic heterocycles. The number of aliphatic carboxylic acids is 1. The van der Waals surface area contributed by atoms with Crippen LogP contribution in [-0.4, -0.2) is 28.4 Å². The molecule has 0 aromatic rings. The van der Waals surface area contributed by atoms with E-state index >= 15 is 0 Å². The number of aliphatic hydroxyl groups excluding tert-OH is 1. The van der Waals surface area contributed by atoms with Crippen molar-refractivity contribution in [3.63, 3.8) is 0 Å². The van der Waals surface area contributed by atoms with Crippen molar-refractivity contribution in [2.75, 3.05) is 0 Å². The van der Waals surface area contributed by atoms with Crippen LogP contribution in [0.25, 0.3) is 0 Å². The molecule has 0 rings (SSSR count). The van der Waals surface area contributed by atoms with Crippen LogP contribution < -0.4 is 0 Å². The van der Waals surface area contributed by atoms with Gasteiger partial charge in [-0.25, -0.2) is 9.59 Å². The van der Waals surface area contributed by atoms with Crippen LogP contribution >= 0.6 is 0 Å². The van der Waals surface area contributed by atoms with Crippen LogP contribution in [0.4, 0.5) is 0 Å². The number of ether oxygens (including phenoxy) is 1. The van der Waals surface area contributed by atoms with Crippen molar-refractivity contribution in [3.05, 3.63) is 24.8 Å². The average molecular weight is 172 g/mol. The lowest BCUT2D eigenvalue weighted by molar-refractivity contribution is -0.154. The second kappa shape index (κ2) is 5.09. The van der Waals surface area contributed by atoms with Crippen LogP contribution in [0.1, 0.15) is 0 Å². The SMILES string of the molecule is C=CC(O)OC(=O)C=CC(=O)O. The van der Waals surface area contributed by atoms with Gasteiger partial charge in [-0.3, -0.25) is 0 Å². The van der Waals surface area contributed by atoms with Gasteiger partial charge in [-0.15, -0.1) is 0 Å². The Labute approximate surface area is 68.6 Å². The topological polar surface area (TPSA) is 83.8 Å². The van der Waals surface area contributed by atoms with Crippen molar-refractivity contribution in [1.29, 1.82) is 0 Å². The van der Waals surface area contributed by atoms with Crippen molar-refractivity contribution in [2.45, 2.75) is 6.29 Å². The first-order valence-electron chi connectivity index (χ1n) is 2.98. The Morgan fingerprint density at radius 3 is 2.42 bits per heavy atom. The normalized spacial score (nSPS) is 12.4. The molecule has 0 heterocycles. The van der Waals surface area contributed by atoms with Crippen LogP contribution in [0.2, 0.25) is 0 Å². The molecule has 0 spiro atoms. The molecular weight excluding hydrogens is 164 g/mol. The molecule has 2 N–H and O–H groups in total. The second-order valence-corrected chi connectivity index (χ2v) is 1.73. The van der Waals surface area contributed by atoms with E-state index in [1.165, 1.54) is 0 Å². The largest absolute Gasteiger partial charge is 0.478 e. The smallest absolute Gasteiger partial charge is 0.333 e. The van der Waals surface area contributed by atoms with E-state index in [9.17, 15) is 9.59 Å². The lowest BCUT2D eigenvalue weighted by atomic mass is 10.5. The molecule has 0 aliphatic carbocycles. The zero-order chi connectivity index (χ0) is 9.56. The summed E-state index contributed by atoms with van der Waals surface area (Å²) >= 11 is 0. The van der Waals surface area contributed by atoms with Gasteiger partial charge >= 0.3 is 11.9 Å². The summed E-state index contributed by atoms with van der Waals surface area (Å²) in [6.07, 6.45) is 0.885. The minimum Gasteiger partial charge on any atom is -0.478 e. The highest BCUT2D eigenvalue weighted by Crippen LogP contribution is 1.89. The molecule has 0 saturated heterocycles. The lowest BCUT2D eigenvalue weighted by Gasteiger charge is -2.03. The fourth-order valence-corrected chi connectivity index (χ4v) is 0.346. The fourth-order valence-electron chi connectivity index (χ4n) is 0.346. The van der Waals surface area contributed by atoms with Crippen molar-refractivity contribution >= 4 is 11.9 Å². The highest BCUT2D eigenvalue weighted by Gasteiger charge is 2.03. The number of aliphatic hydroxyl groups is 1. The predicted molar refractivity (Wildman–Crippen MR) is 39.1 cm³/mol. The predicted octanol–water partition coefficient (Wildman–Crippen LogP) is -0.325. The Morgan fingerprint density at radius 2 is 2.00 bits per heavy atom. The minimum atomic E-state index is -1.41. The number of carboxylic acids is 1. The summed E-state index contributed by atoms with van der Waals surface area (Å²) in [5, 5.41) is 16.7. The second-order valence-electron chi connectivity index (χ2n) is 1.73. The molecule has 0 radical (unpaired) electrons. The highest BCUT2D eigenvalue weighted by molar-refractivity contribution is 5.90. The Bertz CT molecular complexity index is 218. The van der Waals surface area contributed by atoms with Crippen LogP contribution in [0, 0.1) is 0 Å². The van der Waals surface area contributed by atoms with E-state index in [-0.39, 0.29) is 0 Å². The van der Waals surface area contributed by atoms with Crippen molar-refractivity contribution in [2.24, 2.45) is 0 Å². The average Bonchev–Trinajstić information content (AvgIpc) is 2.00. The number of carbonyl (C=O) groups is 2. The summed E-state index contributed by atoms with van der Waals surface area (Å²) in [4.78, 5) is 20.4. The summed E-state index contributed by atoms with van der Waals surface area (Å²) in [6, 6.07) is 0. The van der Waals surface area contributed by atoms with E-state index in [0.717, 1.165) is 6.08 Å². The van der Waals surface area contributed by atoms with Gasteiger partial charge < -0.3 is 14.9 Å². The van der Waals surface area contributed by atoms with Crippen LogP contribution in [0.3, 0.4) is 0 Å². The molecule has 5 nitrogen and oxygen atoms in total. The van der Waals surface area contributed by atoms with Crippen molar-refractivity contribution < 1.29 is 24.5 Å². The highest BCUT2D eigenvalue weighted by atomic mass is 16.6. The third kappa shape index (κ3) is 5.19. The molecule has 0 saturated carbocycles. The third-order valence-corrected chi connectivity index (χ3v) is 0.801. The fraction of sp³-hybridized carbons (Fsp3) is 0.143. The van der Waals surface area contributed by atoms with Gasteiger partial charge in [0.05, 0.1) is 0 Å². The number of hydrogen-bond donors (Lipinski definition) is 2. The zero-order valence-electron chi connectivity index (χ0n) is 6.14. The summed E-state index contributed by atoms with van der Waals surface area (Å²) < 4.78 is 4.20. The Kier molecular flexibility index (Phi) is 4.40. The summed E-state index contributed by atoms with van der Waals surface area (Å²) in [5.41, 5.74) is 0. The lowest BCUT2D eigenvalue weighted by Crippen LogP contribution is -2.12. The van der Waals surface area contributed by atoms with Crippen molar-refractivity contribution in [3.8, 4) is 0 Å². The maximum absolute atomic E-state index is 10.5. The monoisotopic (exact) mass is 172 g/mol. The summed E-state index contributed by atoms with van der Waals surface area (Å²) in [7, 11) is 0. The maximum Gasteiger partial charge on any atom is 0.333 e. The zero-order valence-corrected chi connectivity index (χ0v) is 6.14. The Hall–Kier alpha value is -1.62. The molecule has 0 aromatic carbocycles. The molecule has 0 fully saturated rings. The third-order valence-electron chi connectivity index (χ3n) is 0.801. The molecule has 66 valence electrons. The molecule has 1 unspecified atom stereocenters. The van der Waals surface area contributed by atoms with Gasteiger partial charge in [0.1, 0.15) is 0 Å².